The van der Waals surface area contributed by atoms with Gasteiger partial charge in [0.25, 0.3) is 0 Å². The van der Waals surface area contributed by atoms with Crippen molar-refractivity contribution in [1.29, 1.82) is 0 Å². The summed E-state index contributed by atoms with van der Waals surface area (Å²) in [5.41, 5.74) is 1.15. The Bertz CT molecular complexity index is 990. The number of carbonyl (C=O) groups excluding carboxylic acids is 2. The molecule has 0 bridgehead atoms. The van der Waals surface area contributed by atoms with Crippen LogP contribution in [0.5, 0.6) is 11.6 Å². The molecule has 1 fully saturated rings. The summed E-state index contributed by atoms with van der Waals surface area (Å²) in [6.07, 6.45) is 4.53. The Hall–Kier alpha value is -2.72. The summed E-state index contributed by atoms with van der Waals surface area (Å²) in [5, 5.41) is 3.00. The molecule has 0 unspecified atom stereocenters. The number of nitrogens with zero attached hydrogens (tertiary/aromatic N) is 2. The van der Waals surface area contributed by atoms with Crippen LogP contribution < -0.4 is 14.8 Å². The van der Waals surface area contributed by atoms with E-state index in [1.807, 2.05) is 0 Å². The minimum absolute atomic E-state index is 0.00556. The smallest absolute Gasteiger partial charge is 0.346 e. The summed E-state index contributed by atoms with van der Waals surface area (Å²) >= 11 is 0.929. The van der Waals surface area contributed by atoms with Crippen LogP contribution in [0.3, 0.4) is 0 Å². The zero-order chi connectivity index (χ0) is 22.5. The number of esters is 1. The fourth-order valence-corrected chi connectivity index (χ4v) is 4.61. The molecule has 0 radical (unpaired) electrons. The van der Waals surface area contributed by atoms with Gasteiger partial charge in [0.15, 0.2) is 5.56 Å². The standard InChI is InChI=1S/C22H26FN3O5S/c1-29-22(28)19-20(31-13-15-12-17-14(6-10-30-17)11-16(15)23)25-32-21(19)24-18(27)5-9-26-7-3-2-4-8-26/h11-12H,2-10,13H2,1H3,(H,24,27). The van der Waals surface area contributed by atoms with Crippen molar-refractivity contribution < 1.29 is 28.2 Å². The number of halogens is 1. The van der Waals surface area contributed by atoms with Crippen LogP contribution in [0.4, 0.5) is 9.39 Å². The molecule has 3 heterocycles. The van der Waals surface area contributed by atoms with E-state index in [2.05, 4.69) is 14.6 Å². The van der Waals surface area contributed by atoms with Crippen molar-refractivity contribution in [2.24, 2.45) is 0 Å². The summed E-state index contributed by atoms with van der Waals surface area (Å²) in [4.78, 5) is 27.1. The van der Waals surface area contributed by atoms with Crippen LogP contribution in [0.25, 0.3) is 0 Å². The van der Waals surface area contributed by atoms with Crippen LogP contribution in [0.2, 0.25) is 0 Å². The maximum Gasteiger partial charge on any atom is 0.346 e. The van der Waals surface area contributed by atoms with Crippen LogP contribution >= 0.6 is 11.5 Å². The molecule has 1 aromatic carbocycles. The number of amides is 1. The first-order valence-corrected chi connectivity index (χ1v) is 11.5. The number of hydrogen-bond acceptors (Lipinski definition) is 8. The second-order valence-corrected chi connectivity index (χ2v) is 8.60. The average Bonchev–Trinajstić information content (AvgIpc) is 3.42. The van der Waals surface area contributed by atoms with Crippen LogP contribution in [0.15, 0.2) is 12.1 Å². The molecule has 1 N–H and O–H groups in total. The van der Waals surface area contributed by atoms with Gasteiger partial charge in [0.1, 0.15) is 23.2 Å². The van der Waals surface area contributed by atoms with Gasteiger partial charge in [-0.3, -0.25) is 4.79 Å². The Kier molecular flexibility index (Phi) is 7.21. The summed E-state index contributed by atoms with van der Waals surface area (Å²) in [7, 11) is 1.24. The van der Waals surface area contributed by atoms with E-state index >= 15 is 0 Å². The third-order valence-corrected chi connectivity index (χ3v) is 6.38. The van der Waals surface area contributed by atoms with E-state index in [0.29, 0.717) is 37.3 Å². The molecule has 0 aliphatic carbocycles. The first-order valence-electron chi connectivity index (χ1n) is 10.7. The lowest BCUT2D eigenvalue weighted by molar-refractivity contribution is -0.116. The first-order chi connectivity index (χ1) is 15.5. The number of hydrogen-bond donors (Lipinski definition) is 1. The molecule has 0 atom stereocenters. The van der Waals surface area contributed by atoms with E-state index in [4.69, 9.17) is 14.2 Å². The van der Waals surface area contributed by atoms with Gasteiger partial charge < -0.3 is 24.4 Å². The predicted molar refractivity (Wildman–Crippen MR) is 117 cm³/mol. The van der Waals surface area contributed by atoms with Gasteiger partial charge in [-0.05, 0) is 49.6 Å². The zero-order valence-electron chi connectivity index (χ0n) is 17.9. The van der Waals surface area contributed by atoms with E-state index in [-0.39, 0.29) is 29.0 Å². The molecule has 0 spiro atoms. The fraction of sp³-hybridized carbons (Fsp3) is 0.500. The molecule has 2 aliphatic heterocycles. The van der Waals surface area contributed by atoms with Crippen molar-refractivity contribution in [2.45, 2.75) is 38.7 Å². The number of aromatic nitrogens is 1. The second-order valence-electron chi connectivity index (χ2n) is 7.82. The van der Waals surface area contributed by atoms with Gasteiger partial charge in [0.05, 0.1) is 13.7 Å². The molecule has 8 nitrogen and oxygen atoms in total. The fourth-order valence-electron chi connectivity index (χ4n) is 3.87. The van der Waals surface area contributed by atoms with Crippen molar-refractivity contribution in [3.8, 4) is 11.6 Å². The number of ether oxygens (including phenoxy) is 3. The van der Waals surface area contributed by atoms with Gasteiger partial charge in [-0.1, -0.05) is 6.42 Å². The number of fused-ring (bicyclic) bond motifs is 1. The lowest BCUT2D eigenvalue weighted by Gasteiger charge is -2.25. The van der Waals surface area contributed by atoms with Crippen molar-refractivity contribution >= 4 is 28.4 Å². The highest BCUT2D eigenvalue weighted by Gasteiger charge is 2.25. The quantitative estimate of drug-likeness (QED) is 0.600. The normalized spacial score (nSPS) is 15.7. The van der Waals surface area contributed by atoms with Crippen LogP contribution in [-0.4, -0.2) is 54.5 Å². The van der Waals surface area contributed by atoms with E-state index in [9.17, 15) is 14.0 Å². The minimum Gasteiger partial charge on any atom is -0.493 e. The Morgan fingerprint density at radius 3 is 2.88 bits per heavy atom. The SMILES string of the molecule is COC(=O)c1c(OCc2cc3c(cc2F)CCO3)nsc1NC(=O)CCN1CCCCC1. The topological polar surface area (TPSA) is 90.0 Å². The van der Waals surface area contributed by atoms with Gasteiger partial charge in [0, 0.05) is 30.5 Å². The van der Waals surface area contributed by atoms with Crippen molar-refractivity contribution in [2.75, 3.05) is 38.7 Å². The molecule has 2 aromatic rings. The van der Waals surface area contributed by atoms with Gasteiger partial charge in [-0.15, -0.1) is 0 Å². The van der Waals surface area contributed by atoms with E-state index in [1.165, 1.54) is 19.6 Å². The highest BCUT2D eigenvalue weighted by molar-refractivity contribution is 7.11. The molecule has 1 amide bonds. The monoisotopic (exact) mass is 463 g/mol. The number of carbonyl (C=O) groups is 2. The third-order valence-electron chi connectivity index (χ3n) is 5.63. The molecular formula is C22H26FN3O5S. The predicted octanol–water partition coefficient (Wildman–Crippen LogP) is 3.40. The largest absolute Gasteiger partial charge is 0.493 e. The molecule has 32 heavy (non-hydrogen) atoms. The molecule has 10 heteroatoms. The lowest BCUT2D eigenvalue weighted by atomic mass is 10.1. The number of rotatable bonds is 8. The number of nitrogens with one attached hydrogen (secondary N) is 1. The van der Waals surface area contributed by atoms with Crippen LogP contribution in [-0.2, 0) is 22.6 Å². The van der Waals surface area contributed by atoms with Crippen molar-refractivity contribution in [1.82, 2.24) is 9.27 Å². The summed E-state index contributed by atoms with van der Waals surface area (Å²) in [6, 6.07) is 3.04. The molecule has 1 saturated heterocycles. The number of anilines is 1. The van der Waals surface area contributed by atoms with Gasteiger partial charge in [-0.2, -0.15) is 4.37 Å². The van der Waals surface area contributed by atoms with Gasteiger partial charge in [0.2, 0.25) is 11.8 Å². The van der Waals surface area contributed by atoms with Crippen molar-refractivity contribution in [3.05, 3.63) is 34.6 Å². The van der Waals surface area contributed by atoms with Crippen LogP contribution in [0, 0.1) is 5.82 Å². The Balaban J connectivity index is 1.42. The second kappa shape index (κ2) is 10.3. The number of benzene rings is 1. The molecule has 172 valence electrons. The summed E-state index contributed by atoms with van der Waals surface area (Å²) in [5.74, 6) is -0.668. The molecule has 4 rings (SSSR count). The van der Waals surface area contributed by atoms with E-state index in [0.717, 1.165) is 43.0 Å². The number of likely N-dealkylation sites (tertiary alicyclic amines) is 1. The number of piperidine rings is 1. The summed E-state index contributed by atoms with van der Waals surface area (Å²) in [6.45, 7) is 3.06. The van der Waals surface area contributed by atoms with Crippen LogP contribution in [0.1, 0.15) is 47.2 Å². The minimum atomic E-state index is -0.683. The van der Waals surface area contributed by atoms with E-state index in [1.54, 1.807) is 6.07 Å². The molecule has 2 aliphatic rings. The highest BCUT2D eigenvalue weighted by Crippen LogP contribution is 2.33. The summed E-state index contributed by atoms with van der Waals surface area (Å²) < 4.78 is 34.5. The van der Waals surface area contributed by atoms with Gasteiger partial charge in [-0.25, -0.2) is 9.18 Å². The Morgan fingerprint density at radius 2 is 2.09 bits per heavy atom. The maximum absolute atomic E-state index is 14.4. The lowest BCUT2D eigenvalue weighted by Crippen LogP contribution is -2.32. The zero-order valence-corrected chi connectivity index (χ0v) is 18.8. The van der Waals surface area contributed by atoms with Gasteiger partial charge >= 0.3 is 5.97 Å². The average molecular weight is 464 g/mol. The molecular weight excluding hydrogens is 437 g/mol. The van der Waals surface area contributed by atoms with Crippen molar-refractivity contribution in [3.63, 3.8) is 0 Å². The Morgan fingerprint density at radius 1 is 1.28 bits per heavy atom. The van der Waals surface area contributed by atoms with E-state index < -0.39 is 11.8 Å². The first kappa shape index (κ1) is 22.5. The third kappa shape index (κ3) is 5.18. The molecule has 1 aromatic heterocycles. The molecule has 0 saturated carbocycles. The Labute approximate surface area is 189 Å². The number of methoxy groups -OCH3 is 1. The maximum atomic E-state index is 14.4. The highest BCUT2D eigenvalue weighted by atomic mass is 32.1.